The summed E-state index contributed by atoms with van der Waals surface area (Å²) < 4.78 is 52.1. The number of amides is 1. The maximum absolute atomic E-state index is 12.9. The summed E-state index contributed by atoms with van der Waals surface area (Å²) in [5.74, 6) is -0.491. The monoisotopic (exact) mass is 465 g/mol. The van der Waals surface area contributed by atoms with Crippen molar-refractivity contribution in [3.63, 3.8) is 0 Å². The van der Waals surface area contributed by atoms with Crippen LogP contribution in [0.5, 0.6) is 0 Å². The van der Waals surface area contributed by atoms with Crippen LogP contribution in [0.4, 0.5) is 11.4 Å². The zero-order valence-electron chi connectivity index (χ0n) is 17.6. The predicted molar refractivity (Wildman–Crippen MR) is 121 cm³/mol. The van der Waals surface area contributed by atoms with Crippen molar-refractivity contribution in [3.05, 3.63) is 54.1 Å². The van der Waals surface area contributed by atoms with E-state index in [1.807, 2.05) is 0 Å². The van der Waals surface area contributed by atoms with Gasteiger partial charge in [0.25, 0.3) is 5.91 Å². The smallest absolute Gasteiger partial charge is 0.257 e. The highest BCUT2D eigenvalue weighted by molar-refractivity contribution is 7.92. The average molecular weight is 466 g/mol. The molecule has 2 aromatic carbocycles. The molecule has 10 heteroatoms. The van der Waals surface area contributed by atoms with Gasteiger partial charge in [0.2, 0.25) is 20.0 Å². The third-order valence-corrected chi connectivity index (χ3v) is 8.40. The number of carbonyl (C=O) groups excluding carboxylic acids is 1. The number of hydrogen-bond acceptors (Lipinski definition) is 5. The first-order valence-corrected chi connectivity index (χ1v) is 13.3. The second-order valence-electron chi connectivity index (χ2n) is 7.54. The normalized spacial score (nSPS) is 15.8. The molecule has 2 aromatic rings. The minimum Gasteiger partial charge on any atom is -0.322 e. The van der Waals surface area contributed by atoms with Crippen LogP contribution in [0.25, 0.3) is 0 Å². The Morgan fingerprint density at radius 3 is 2.06 bits per heavy atom. The van der Waals surface area contributed by atoms with E-state index in [-0.39, 0.29) is 16.1 Å². The summed E-state index contributed by atoms with van der Waals surface area (Å²) in [7, 11) is -5.73. The molecule has 1 amide bonds. The molecule has 1 N–H and O–H groups in total. The number of benzene rings is 2. The van der Waals surface area contributed by atoms with Crippen LogP contribution in [-0.4, -0.2) is 53.4 Å². The summed E-state index contributed by atoms with van der Waals surface area (Å²) in [4.78, 5) is 13.0. The maximum Gasteiger partial charge on any atom is 0.257 e. The van der Waals surface area contributed by atoms with Gasteiger partial charge in [0, 0.05) is 25.8 Å². The van der Waals surface area contributed by atoms with Gasteiger partial charge in [-0.15, -0.1) is 0 Å². The Labute approximate surface area is 184 Å². The molecule has 0 aromatic heterocycles. The summed E-state index contributed by atoms with van der Waals surface area (Å²) in [5, 5.41) is 2.70. The molecule has 1 aliphatic rings. The molecular formula is C21H27N3O5S2. The van der Waals surface area contributed by atoms with Crippen LogP contribution in [0.2, 0.25) is 0 Å². The first-order valence-electron chi connectivity index (χ1n) is 10.1. The van der Waals surface area contributed by atoms with Crippen molar-refractivity contribution in [2.45, 2.75) is 30.6 Å². The van der Waals surface area contributed by atoms with E-state index >= 15 is 0 Å². The van der Waals surface area contributed by atoms with Crippen molar-refractivity contribution in [1.29, 1.82) is 0 Å². The van der Waals surface area contributed by atoms with Gasteiger partial charge in [-0.1, -0.05) is 25.0 Å². The number of nitrogens with one attached hydrogen (secondary N) is 1. The van der Waals surface area contributed by atoms with Gasteiger partial charge in [-0.2, -0.15) is 4.31 Å². The Bertz CT molecular complexity index is 1140. The largest absolute Gasteiger partial charge is 0.322 e. The molecule has 3 rings (SSSR count). The minimum absolute atomic E-state index is 0.185. The molecule has 0 saturated carbocycles. The van der Waals surface area contributed by atoms with Crippen molar-refractivity contribution < 1.29 is 21.6 Å². The van der Waals surface area contributed by atoms with E-state index < -0.39 is 26.0 Å². The van der Waals surface area contributed by atoms with Crippen molar-refractivity contribution >= 4 is 37.3 Å². The minimum atomic E-state index is -3.57. The lowest BCUT2D eigenvalue weighted by Crippen LogP contribution is -2.31. The molecule has 1 aliphatic heterocycles. The van der Waals surface area contributed by atoms with Gasteiger partial charge in [-0.05, 0) is 49.2 Å². The molecule has 0 bridgehead atoms. The van der Waals surface area contributed by atoms with Gasteiger partial charge in [0.1, 0.15) is 0 Å². The molecule has 0 unspecified atom stereocenters. The summed E-state index contributed by atoms with van der Waals surface area (Å²) in [6.45, 7) is 1.04. The Morgan fingerprint density at radius 2 is 1.48 bits per heavy atom. The molecular weight excluding hydrogens is 438 g/mol. The number of carbonyl (C=O) groups is 1. The zero-order valence-corrected chi connectivity index (χ0v) is 19.2. The predicted octanol–water partition coefficient (Wildman–Crippen LogP) is 2.90. The Balaban J connectivity index is 1.79. The maximum atomic E-state index is 12.9. The van der Waals surface area contributed by atoms with Gasteiger partial charge in [-0.3, -0.25) is 9.10 Å². The van der Waals surface area contributed by atoms with Gasteiger partial charge in [0.15, 0.2) is 0 Å². The van der Waals surface area contributed by atoms with Crippen LogP contribution < -0.4 is 9.62 Å². The molecule has 31 heavy (non-hydrogen) atoms. The third-order valence-electron chi connectivity index (χ3n) is 5.30. The van der Waals surface area contributed by atoms with Crippen LogP contribution in [-0.2, 0) is 20.0 Å². The molecule has 168 valence electrons. The van der Waals surface area contributed by atoms with E-state index in [4.69, 9.17) is 0 Å². The lowest BCUT2D eigenvalue weighted by molar-refractivity contribution is 0.102. The van der Waals surface area contributed by atoms with Crippen LogP contribution in [0.1, 0.15) is 36.0 Å². The number of sulfonamides is 2. The number of hydrogen-bond donors (Lipinski definition) is 1. The molecule has 0 atom stereocenters. The molecule has 0 spiro atoms. The van der Waals surface area contributed by atoms with Gasteiger partial charge >= 0.3 is 0 Å². The summed E-state index contributed by atoms with van der Waals surface area (Å²) in [6.07, 6.45) is 4.84. The number of rotatable bonds is 6. The van der Waals surface area contributed by atoms with E-state index in [0.717, 1.165) is 36.2 Å². The van der Waals surface area contributed by atoms with E-state index in [2.05, 4.69) is 5.32 Å². The summed E-state index contributed by atoms with van der Waals surface area (Å²) >= 11 is 0. The molecule has 0 aliphatic carbocycles. The fourth-order valence-corrected chi connectivity index (χ4v) is 5.49. The quantitative estimate of drug-likeness (QED) is 0.706. The Morgan fingerprint density at radius 1 is 0.903 bits per heavy atom. The molecule has 1 heterocycles. The lowest BCUT2D eigenvalue weighted by atomic mass is 10.1. The van der Waals surface area contributed by atoms with Gasteiger partial charge in [-0.25, -0.2) is 16.8 Å². The lowest BCUT2D eigenvalue weighted by Gasteiger charge is -2.20. The third kappa shape index (κ3) is 5.44. The highest BCUT2D eigenvalue weighted by atomic mass is 32.2. The number of para-hydroxylation sites is 1. The van der Waals surface area contributed by atoms with Gasteiger partial charge < -0.3 is 5.32 Å². The summed E-state index contributed by atoms with van der Waals surface area (Å²) in [5.41, 5.74) is 0.858. The van der Waals surface area contributed by atoms with Crippen molar-refractivity contribution in [2.75, 3.05) is 36.0 Å². The first kappa shape index (κ1) is 23.2. The fourth-order valence-electron chi connectivity index (χ4n) is 3.46. The number of nitrogens with zero attached hydrogens (tertiary/aromatic N) is 2. The van der Waals surface area contributed by atoms with Crippen LogP contribution in [0.3, 0.4) is 0 Å². The second kappa shape index (κ2) is 9.37. The van der Waals surface area contributed by atoms with Crippen LogP contribution in [0, 0.1) is 0 Å². The van der Waals surface area contributed by atoms with Crippen LogP contribution in [0.15, 0.2) is 53.4 Å². The van der Waals surface area contributed by atoms with Gasteiger partial charge in [0.05, 0.1) is 22.4 Å². The molecule has 8 nitrogen and oxygen atoms in total. The highest BCUT2D eigenvalue weighted by Gasteiger charge is 2.25. The van der Waals surface area contributed by atoms with E-state index in [0.29, 0.717) is 18.8 Å². The van der Waals surface area contributed by atoms with E-state index in [1.54, 1.807) is 18.2 Å². The SMILES string of the molecule is CN(c1ccccc1C(=O)Nc1ccc(S(=O)(=O)N2CCCCCC2)cc1)S(C)(=O)=O. The van der Waals surface area contributed by atoms with Crippen molar-refractivity contribution in [2.24, 2.45) is 0 Å². The first-order chi connectivity index (χ1) is 14.6. The zero-order chi connectivity index (χ0) is 22.6. The topological polar surface area (TPSA) is 104 Å². The fraction of sp³-hybridized carbons (Fsp3) is 0.381. The Hall–Kier alpha value is -2.43. The van der Waals surface area contributed by atoms with E-state index in [9.17, 15) is 21.6 Å². The van der Waals surface area contributed by atoms with Crippen LogP contribution >= 0.6 is 0 Å². The standard InChI is InChI=1S/C21H27N3O5S2/c1-23(30(2,26)27)20-10-6-5-9-19(20)21(25)22-17-11-13-18(14-12-17)31(28,29)24-15-7-3-4-8-16-24/h5-6,9-14H,3-4,7-8,15-16H2,1-2H3,(H,22,25). The average Bonchev–Trinajstić information content (AvgIpc) is 3.03. The molecule has 1 fully saturated rings. The molecule has 1 saturated heterocycles. The number of anilines is 2. The van der Waals surface area contributed by atoms with Crippen molar-refractivity contribution in [3.8, 4) is 0 Å². The molecule has 0 radical (unpaired) electrons. The highest BCUT2D eigenvalue weighted by Crippen LogP contribution is 2.24. The van der Waals surface area contributed by atoms with E-state index in [1.165, 1.54) is 41.7 Å². The second-order valence-corrected chi connectivity index (χ2v) is 11.5. The van der Waals surface area contributed by atoms with Crippen molar-refractivity contribution in [1.82, 2.24) is 4.31 Å². The summed E-state index contributed by atoms with van der Waals surface area (Å²) in [6, 6.07) is 12.4. The Kier molecular flexibility index (Phi) is 7.03.